The molecule has 4 rings (SSSR count). The zero-order valence-electron chi connectivity index (χ0n) is 11.3. The minimum absolute atomic E-state index is 0.0900. The maximum atomic E-state index is 13.3. The second-order valence-corrected chi connectivity index (χ2v) is 5.99. The summed E-state index contributed by atoms with van der Waals surface area (Å²) in [5, 5.41) is 1.66. The van der Waals surface area contributed by atoms with Crippen LogP contribution in [-0.2, 0) is 5.41 Å². The molecule has 3 heteroatoms. The molecular formula is C18H13ClFN. The van der Waals surface area contributed by atoms with E-state index in [0.717, 1.165) is 29.3 Å². The van der Waals surface area contributed by atoms with E-state index in [4.69, 9.17) is 11.6 Å². The number of halogens is 2. The first-order chi connectivity index (χ1) is 10.2. The van der Waals surface area contributed by atoms with E-state index in [1.54, 1.807) is 6.20 Å². The Hall–Kier alpha value is -1.93. The monoisotopic (exact) mass is 297 g/mol. The van der Waals surface area contributed by atoms with E-state index in [-0.39, 0.29) is 11.2 Å². The summed E-state index contributed by atoms with van der Waals surface area (Å²) in [6.07, 6.45) is 3.87. The summed E-state index contributed by atoms with van der Waals surface area (Å²) in [4.78, 5) is 4.42. The smallest absolute Gasteiger partial charge is 0.124 e. The van der Waals surface area contributed by atoms with Crippen molar-refractivity contribution in [3.8, 4) is 0 Å². The van der Waals surface area contributed by atoms with Crippen LogP contribution >= 0.6 is 11.6 Å². The predicted molar refractivity (Wildman–Crippen MR) is 83.2 cm³/mol. The minimum atomic E-state index is -0.292. The van der Waals surface area contributed by atoms with Gasteiger partial charge < -0.3 is 0 Å². The van der Waals surface area contributed by atoms with Crippen LogP contribution in [0.1, 0.15) is 24.0 Å². The van der Waals surface area contributed by atoms with Crippen LogP contribution in [0.4, 0.5) is 4.39 Å². The van der Waals surface area contributed by atoms with Crippen molar-refractivity contribution >= 4 is 22.5 Å². The second kappa shape index (κ2) is 4.54. The van der Waals surface area contributed by atoms with Crippen molar-refractivity contribution < 1.29 is 4.39 Å². The Labute approximate surface area is 127 Å². The third-order valence-corrected chi connectivity index (χ3v) is 4.67. The molecule has 21 heavy (non-hydrogen) atoms. The standard InChI is InChI=1S/C18H13ClFN/c19-16-11-12(20)6-7-15(16)18(8-9-18)14-4-1-5-17-13(14)3-2-10-21-17/h1-7,10-11H,8-9H2. The molecule has 0 bridgehead atoms. The van der Waals surface area contributed by atoms with Crippen molar-refractivity contribution in [1.29, 1.82) is 0 Å². The molecule has 3 aromatic rings. The molecule has 0 unspecified atom stereocenters. The highest BCUT2D eigenvalue weighted by molar-refractivity contribution is 6.31. The molecule has 1 saturated carbocycles. The summed E-state index contributed by atoms with van der Waals surface area (Å²) in [7, 11) is 0. The molecule has 104 valence electrons. The number of fused-ring (bicyclic) bond motifs is 1. The molecular weight excluding hydrogens is 285 g/mol. The molecule has 1 aromatic heterocycles. The van der Waals surface area contributed by atoms with Crippen molar-refractivity contribution in [2.75, 3.05) is 0 Å². The van der Waals surface area contributed by atoms with Crippen LogP contribution in [0, 0.1) is 5.82 Å². The maximum absolute atomic E-state index is 13.3. The van der Waals surface area contributed by atoms with Gasteiger partial charge in [-0.2, -0.15) is 0 Å². The fourth-order valence-electron chi connectivity index (χ4n) is 3.21. The van der Waals surface area contributed by atoms with Crippen LogP contribution in [0.3, 0.4) is 0 Å². The topological polar surface area (TPSA) is 12.9 Å². The predicted octanol–water partition coefficient (Wildman–Crippen LogP) is 5.11. The quantitative estimate of drug-likeness (QED) is 0.641. The van der Waals surface area contributed by atoms with Crippen LogP contribution < -0.4 is 0 Å². The van der Waals surface area contributed by atoms with Crippen LogP contribution in [0.25, 0.3) is 10.9 Å². The van der Waals surface area contributed by atoms with E-state index in [1.165, 1.54) is 17.7 Å². The van der Waals surface area contributed by atoms with E-state index in [9.17, 15) is 4.39 Å². The third-order valence-electron chi connectivity index (χ3n) is 4.36. The Balaban J connectivity index is 1.95. The van der Waals surface area contributed by atoms with Gasteiger partial charge in [-0.3, -0.25) is 4.98 Å². The van der Waals surface area contributed by atoms with Crippen LogP contribution in [0.15, 0.2) is 54.7 Å². The first-order valence-corrected chi connectivity index (χ1v) is 7.38. The van der Waals surface area contributed by atoms with Gasteiger partial charge in [-0.05, 0) is 48.2 Å². The maximum Gasteiger partial charge on any atom is 0.124 e. The molecule has 0 amide bonds. The molecule has 0 aliphatic heterocycles. The van der Waals surface area contributed by atoms with E-state index < -0.39 is 0 Å². The van der Waals surface area contributed by atoms with Gasteiger partial charge in [0.25, 0.3) is 0 Å². The van der Waals surface area contributed by atoms with Gasteiger partial charge >= 0.3 is 0 Å². The molecule has 2 aromatic carbocycles. The molecule has 1 fully saturated rings. The molecule has 1 heterocycles. The number of nitrogens with zero attached hydrogens (tertiary/aromatic N) is 1. The lowest BCUT2D eigenvalue weighted by Gasteiger charge is -2.20. The molecule has 0 saturated heterocycles. The molecule has 1 aliphatic carbocycles. The average molecular weight is 298 g/mol. The molecule has 1 nitrogen and oxygen atoms in total. The Morgan fingerprint density at radius 2 is 1.86 bits per heavy atom. The fourth-order valence-corrected chi connectivity index (χ4v) is 3.56. The first kappa shape index (κ1) is 12.8. The van der Waals surface area contributed by atoms with E-state index in [0.29, 0.717) is 5.02 Å². The third kappa shape index (κ3) is 1.94. The van der Waals surface area contributed by atoms with Crippen molar-refractivity contribution in [2.45, 2.75) is 18.3 Å². The fraction of sp³-hybridized carbons (Fsp3) is 0.167. The summed E-state index contributed by atoms with van der Waals surface area (Å²) in [5.74, 6) is -0.292. The number of rotatable bonds is 2. The molecule has 0 radical (unpaired) electrons. The number of hydrogen-bond acceptors (Lipinski definition) is 1. The van der Waals surface area contributed by atoms with Gasteiger partial charge in [0.05, 0.1) is 5.52 Å². The van der Waals surface area contributed by atoms with Crippen LogP contribution in [0.5, 0.6) is 0 Å². The first-order valence-electron chi connectivity index (χ1n) is 7.00. The molecule has 0 N–H and O–H groups in total. The largest absolute Gasteiger partial charge is 0.256 e. The lowest BCUT2D eigenvalue weighted by atomic mass is 9.85. The Bertz CT molecular complexity index is 834. The second-order valence-electron chi connectivity index (χ2n) is 5.58. The molecule has 0 atom stereocenters. The zero-order chi connectivity index (χ0) is 14.4. The highest BCUT2D eigenvalue weighted by atomic mass is 35.5. The summed E-state index contributed by atoms with van der Waals surface area (Å²) < 4.78 is 13.3. The van der Waals surface area contributed by atoms with Crippen molar-refractivity contribution in [3.05, 3.63) is 76.7 Å². The van der Waals surface area contributed by atoms with Gasteiger partial charge in [-0.25, -0.2) is 4.39 Å². The lowest BCUT2D eigenvalue weighted by Crippen LogP contribution is -2.10. The average Bonchev–Trinajstić information content (AvgIpc) is 3.28. The van der Waals surface area contributed by atoms with Crippen molar-refractivity contribution in [3.63, 3.8) is 0 Å². The molecule has 1 aliphatic rings. The minimum Gasteiger partial charge on any atom is -0.256 e. The number of hydrogen-bond donors (Lipinski definition) is 0. The van der Waals surface area contributed by atoms with Crippen LogP contribution in [-0.4, -0.2) is 4.98 Å². The zero-order valence-corrected chi connectivity index (χ0v) is 12.1. The van der Waals surface area contributed by atoms with E-state index in [2.05, 4.69) is 17.1 Å². The van der Waals surface area contributed by atoms with Gasteiger partial charge in [0.2, 0.25) is 0 Å². The van der Waals surface area contributed by atoms with E-state index >= 15 is 0 Å². The lowest BCUT2D eigenvalue weighted by molar-refractivity contribution is 0.626. The summed E-state index contributed by atoms with van der Waals surface area (Å²) >= 11 is 6.30. The van der Waals surface area contributed by atoms with Gasteiger partial charge in [-0.1, -0.05) is 35.9 Å². The highest BCUT2D eigenvalue weighted by Gasteiger charge is 2.47. The number of benzene rings is 2. The highest BCUT2D eigenvalue weighted by Crippen LogP contribution is 2.56. The van der Waals surface area contributed by atoms with Crippen molar-refractivity contribution in [1.82, 2.24) is 4.98 Å². The summed E-state index contributed by atoms with van der Waals surface area (Å²) in [5.41, 5.74) is 3.15. The van der Waals surface area contributed by atoms with Gasteiger partial charge in [0, 0.05) is 22.0 Å². The van der Waals surface area contributed by atoms with Gasteiger partial charge in [0.15, 0.2) is 0 Å². The van der Waals surface area contributed by atoms with Crippen LogP contribution in [0.2, 0.25) is 5.02 Å². The normalized spacial score (nSPS) is 16.1. The van der Waals surface area contributed by atoms with Crippen molar-refractivity contribution in [2.24, 2.45) is 0 Å². The van der Waals surface area contributed by atoms with E-state index in [1.807, 2.05) is 24.3 Å². The Morgan fingerprint density at radius 1 is 1.00 bits per heavy atom. The number of pyridine rings is 1. The summed E-state index contributed by atoms with van der Waals surface area (Å²) in [6, 6.07) is 14.9. The number of aromatic nitrogens is 1. The Morgan fingerprint density at radius 3 is 2.62 bits per heavy atom. The van der Waals surface area contributed by atoms with Gasteiger partial charge in [-0.15, -0.1) is 0 Å². The SMILES string of the molecule is Fc1ccc(C2(c3cccc4ncccc34)CC2)c(Cl)c1. The molecule has 0 spiro atoms. The van der Waals surface area contributed by atoms with Gasteiger partial charge in [0.1, 0.15) is 5.82 Å². The Kier molecular flexibility index (Phi) is 2.76. The summed E-state index contributed by atoms with van der Waals surface area (Å²) in [6.45, 7) is 0.